The molecule has 6 fully saturated rings. The highest BCUT2D eigenvalue weighted by molar-refractivity contribution is 5.51. The van der Waals surface area contributed by atoms with Crippen LogP contribution < -0.4 is 0 Å². The van der Waals surface area contributed by atoms with E-state index in [1.807, 2.05) is 6.07 Å². The molecule has 3 saturated heterocycles. The maximum atomic E-state index is 10.5. The van der Waals surface area contributed by atoms with Gasteiger partial charge < -0.3 is 9.84 Å². The molecule has 3 heterocycles. The molecule has 3 saturated carbocycles. The van der Waals surface area contributed by atoms with Crippen molar-refractivity contribution >= 4 is 0 Å². The van der Waals surface area contributed by atoms with Gasteiger partial charge in [0.15, 0.2) is 0 Å². The van der Waals surface area contributed by atoms with Gasteiger partial charge in [-0.05, 0) is 93.0 Å². The van der Waals surface area contributed by atoms with Gasteiger partial charge in [0, 0.05) is 43.1 Å². The normalized spacial score (nSPS) is 46.7. The summed E-state index contributed by atoms with van der Waals surface area (Å²) in [6.45, 7) is 4.96. The van der Waals surface area contributed by atoms with E-state index in [-0.39, 0.29) is 11.0 Å². The summed E-state index contributed by atoms with van der Waals surface area (Å²) in [5, 5.41) is 10.5. The van der Waals surface area contributed by atoms with Crippen molar-refractivity contribution in [2.45, 2.75) is 80.6 Å². The van der Waals surface area contributed by atoms with Crippen LogP contribution in [0.1, 0.15) is 56.1 Å². The Bertz CT molecular complexity index is 910. The van der Waals surface area contributed by atoms with Crippen molar-refractivity contribution in [3.05, 3.63) is 29.3 Å². The van der Waals surface area contributed by atoms with E-state index in [4.69, 9.17) is 4.74 Å². The molecular weight excluding hydrogens is 372 g/mol. The number of phenols is 1. The average Bonchev–Trinajstić information content (AvgIpc) is 3.63. The Morgan fingerprint density at radius 2 is 1.80 bits per heavy atom. The van der Waals surface area contributed by atoms with Gasteiger partial charge in [-0.15, -0.1) is 0 Å². The summed E-state index contributed by atoms with van der Waals surface area (Å²) in [6, 6.07) is 7.54. The van der Waals surface area contributed by atoms with E-state index >= 15 is 0 Å². The Morgan fingerprint density at radius 1 is 1.00 bits per heavy atom. The summed E-state index contributed by atoms with van der Waals surface area (Å²) in [4.78, 5) is 5.67. The second-order valence-electron chi connectivity index (χ2n) is 11.8. The summed E-state index contributed by atoms with van der Waals surface area (Å²) in [6.07, 6.45) is 11.0. The van der Waals surface area contributed by atoms with Crippen molar-refractivity contribution in [1.82, 2.24) is 9.80 Å². The van der Waals surface area contributed by atoms with Gasteiger partial charge in [-0.25, -0.2) is 0 Å². The minimum Gasteiger partial charge on any atom is -0.508 e. The summed E-state index contributed by atoms with van der Waals surface area (Å²) in [7, 11) is 0. The van der Waals surface area contributed by atoms with Gasteiger partial charge in [0.1, 0.15) is 5.75 Å². The maximum Gasteiger partial charge on any atom is 0.115 e. The van der Waals surface area contributed by atoms with Gasteiger partial charge in [-0.1, -0.05) is 6.07 Å². The third-order valence-electron chi connectivity index (χ3n) is 10.3. The second kappa shape index (κ2) is 5.63. The SMILES string of the molecule is Oc1ccc2c(c1)C13CCN(CC4CC4)C(C2)C12CCC1C3[C@@H](CN1CC1CC1)O2. The molecule has 4 nitrogen and oxygen atoms in total. The molecule has 8 rings (SSSR count). The minimum atomic E-state index is -0.0154. The number of nitrogens with zero attached hydrogens (tertiary/aromatic N) is 2. The number of likely N-dealkylation sites (tertiary alicyclic amines) is 2. The summed E-state index contributed by atoms with van der Waals surface area (Å²) in [5.74, 6) is 2.95. The van der Waals surface area contributed by atoms with E-state index in [1.54, 1.807) is 0 Å². The summed E-state index contributed by atoms with van der Waals surface area (Å²) < 4.78 is 7.32. The van der Waals surface area contributed by atoms with Crippen molar-refractivity contribution in [3.63, 3.8) is 0 Å². The van der Waals surface area contributed by atoms with E-state index in [0.29, 0.717) is 29.9 Å². The van der Waals surface area contributed by atoms with Gasteiger partial charge in [0.2, 0.25) is 0 Å². The number of phenolic OH excluding ortho intramolecular Hbond substituents is 1. The first kappa shape index (κ1) is 17.5. The largest absolute Gasteiger partial charge is 0.508 e. The minimum absolute atomic E-state index is 0.0154. The zero-order chi connectivity index (χ0) is 19.7. The molecular formula is C26H34N2O2. The molecule has 30 heavy (non-hydrogen) atoms. The molecule has 4 heteroatoms. The van der Waals surface area contributed by atoms with Crippen molar-refractivity contribution in [3.8, 4) is 5.75 Å². The maximum absolute atomic E-state index is 10.5. The van der Waals surface area contributed by atoms with Crippen molar-refractivity contribution in [1.29, 1.82) is 0 Å². The predicted molar refractivity (Wildman–Crippen MR) is 115 cm³/mol. The van der Waals surface area contributed by atoms with Crippen LogP contribution in [0.5, 0.6) is 5.75 Å². The van der Waals surface area contributed by atoms with E-state index < -0.39 is 0 Å². The molecule has 0 radical (unpaired) electrons. The average molecular weight is 407 g/mol. The highest BCUT2D eigenvalue weighted by atomic mass is 16.5. The number of benzene rings is 1. The highest BCUT2D eigenvalue weighted by Crippen LogP contribution is 2.70. The topological polar surface area (TPSA) is 35.9 Å². The van der Waals surface area contributed by atoms with Crippen LogP contribution in [-0.2, 0) is 16.6 Å². The lowest BCUT2D eigenvalue weighted by Gasteiger charge is -2.65. The zero-order valence-corrected chi connectivity index (χ0v) is 17.9. The summed E-state index contributed by atoms with van der Waals surface area (Å²) >= 11 is 0. The van der Waals surface area contributed by atoms with Crippen LogP contribution in [0.4, 0.5) is 0 Å². The van der Waals surface area contributed by atoms with Crippen LogP contribution in [0.3, 0.4) is 0 Å². The molecule has 1 N–H and O–H groups in total. The fraction of sp³-hybridized carbons (Fsp3) is 0.769. The number of ether oxygens (including phenoxy) is 1. The fourth-order valence-corrected chi connectivity index (χ4v) is 8.96. The van der Waals surface area contributed by atoms with E-state index in [9.17, 15) is 5.11 Å². The number of fused-ring (bicyclic) bond motifs is 1. The standard InChI is InChI=1S/C26H34N2O2/c29-19-6-5-18-11-23-26-8-7-21-24(22(30-26)15-28(21)14-17-3-4-17)25(26,20(18)12-19)9-10-27(23)13-16-1-2-16/h5-6,12,16-17,21-24,29H,1-4,7-11,13-15H2/t21?,22-,23?,24?,25?,26?/m1/s1. The fourth-order valence-electron chi connectivity index (χ4n) is 8.96. The lowest BCUT2D eigenvalue weighted by atomic mass is 9.46. The first-order valence-corrected chi connectivity index (χ1v) is 12.7. The van der Waals surface area contributed by atoms with Crippen LogP contribution in [0.2, 0.25) is 0 Å². The van der Waals surface area contributed by atoms with Crippen LogP contribution in [-0.4, -0.2) is 64.9 Å². The zero-order valence-electron chi connectivity index (χ0n) is 17.9. The Morgan fingerprint density at radius 3 is 2.60 bits per heavy atom. The van der Waals surface area contributed by atoms with Gasteiger partial charge >= 0.3 is 0 Å². The molecule has 0 aromatic heterocycles. The molecule has 5 unspecified atom stereocenters. The quantitative estimate of drug-likeness (QED) is 0.832. The van der Waals surface area contributed by atoms with Crippen LogP contribution >= 0.6 is 0 Å². The molecule has 160 valence electrons. The van der Waals surface area contributed by atoms with Gasteiger partial charge in [0.25, 0.3) is 0 Å². The van der Waals surface area contributed by atoms with Gasteiger partial charge in [-0.3, -0.25) is 9.80 Å². The van der Waals surface area contributed by atoms with Crippen LogP contribution in [0, 0.1) is 17.8 Å². The molecule has 4 aliphatic carbocycles. The highest BCUT2D eigenvalue weighted by Gasteiger charge is 2.77. The molecule has 4 bridgehead atoms. The molecule has 3 aliphatic heterocycles. The second-order valence-corrected chi connectivity index (χ2v) is 11.8. The lowest BCUT2D eigenvalue weighted by molar-refractivity contribution is -0.173. The van der Waals surface area contributed by atoms with Crippen molar-refractivity contribution in [2.24, 2.45) is 17.8 Å². The monoisotopic (exact) mass is 406 g/mol. The Balaban J connectivity index is 1.28. The number of hydrogen-bond donors (Lipinski definition) is 1. The molecule has 6 atom stereocenters. The number of piperidine rings is 1. The van der Waals surface area contributed by atoms with Crippen LogP contribution in [0.15, 0.2) is 18.2 Å². The molecule has 1 aromatic rings. The smallest absolute Gasteiger partial charge is 0.115 e. The molecule has 7 aliphatic rings. The third kappa shape index (κ3) is 2.05. The van der Waals surface area contributed by atoms with Gasteiger partial charge in [0.05, 0.1) is 11.7 Å². The first-order chi connectivity index (χ1) is 14.7. The Kier molecular flexibility index (Phi) is 3.27. The van der Waals surface area contributed by atoms with E-state index in [2.05, 4.69) is 21.9 Å². The Hall–Kier alpha value is -1.10. The number of aromatic hydroxyl groups is 1. The molecule has 0 amide bonds. The predicted octanol–water partition coefficient (Wildman–Crippen LogP) is 3.31. The van der Waals surface area contributed by atoms with E-state index in [1.165, 1.54) is 75.7 Å². The molecule has 0 spiro atoms. The van der Waals surface area contributed by atoms with E-state index in [0.717, 1.165) is 24.8 Å². The molecule has 1 aromatic carbocycles. The number of hydrogen-bond acceptors (Lipinski definition) is 4. The third-order valence-corrected chi connectivity index (χ3v) is 10.3. The lowest BCUT2D eigenvalue weighted by Crippen LogP contribution is -2.74. The first-order valence-electron chi connectivity index (χ1n) is 12.7. The van der Waals surface area contributed by atoms with Crippen molar-refractivity contribution in [2.75, 3.05) is 26.2 Å². The number of rotatable bonds is 4. The van der Waals surface area contributed by atoms with Crippen LogP contribution in [0.25, 0.3) is 0 Å². The van der Waals surface area contributed by atoms with Gasteiger partial charge in [-0.2, -0.15) is 0 Å². The summed E-state index contributed by atoms with van der Waals surface area (Å²) in [5.41, 5.74) is 3.07. The van der Waals surface area contributed by atoms with Crippen molar-refractivity contribution < 1.29 is 9.84 Å². The Labute approximate surface area is 179 Å².